The van der Waals surface area contributed by atoms with Gasteiger partial charge in [-0.15, -0.1) is 0 Å². The summed E-state index contributed by atoms with van der Waals surface area (Å²) in [6.45, 7) is 6.23. The van der Waals surface area contributed by atoms with Crippen LogP contribution in [0.25, 0.3) is 0 Å². The average Bonchev–Trinajstić information content (AvgIpc) is 2.28. The first-order chi connectivity index (χ1) is 8.58. The molecule has 2 amide bonds. The highest BCUT2D eigenvalue weighted by molar-refractivity contribution is 5.75. The number of hydrogen-bond acceptors (Lipinski definition) is 2. The van der Waals surface area contributed by atoms with E-state index in [1.807, 2.05) is 18.7 Å². The Morgan fingerprint density at radius 1 is 1.17 bits per heavy atom. The van der Waals surface area contributed by atoms with E-state index in [2.05, 4.69) is 0 Å². The molecule has 0 aromatic rings. The van der Waals surface area contributed by atoms with E-state index < -0.39 is 5.97 Å². The van der Waals surface area contributed by atoms with Crippen LogP contribution < -0.4 is 0 Å². The number of rotatable bonds is 7. The maximum Gasteiger partial charge on any atom is 0.320 e. The van der Waals surface area contributed by atoms with Crippen molar-refractivity contribution in [1.29, 1.82) is 0 Å². The standard InChI is InChI=1S/C13H24N2O3/c1-3-14(9-8-12(16)17)13(18)15(4-2)10-11-6-5-7-11/h11H,3-10H2,1-2H3,(H,16,17). The van der Waals surface area contributed by atoms with Crippen molar-refractivity contribution >= 4 is 12.0 Å². The maximum absolute atomic E-state index is 12.3. The summed E-state index contributed by atoms with van der Waals surface area (Å²) in [5.74, 6) is -0.213. The second kappa shape index (κ2) is 7.24. The van der Waals surface area contributed by atoms with E-state index in [1.54, 1.807) is 4.90 Å². The summed E-state index contributed by atoms with van der Waals surface area (Å²) in [7, 11) is 0. The van der Waals surface area contributed by atoms with Crippen LogP contribution in [0.1, 0.15) is 39.5 Å². The monoisotopic (exact) mass is 256 g/mol. The van der Waals surface area contributed by atoms with Crippen LogP contribution in [0.5, 0.6) is 0 Å². The van der Waals surface area contributed by atoms with E-state index >= 15 is 0 Å². The lowest BCUT2D eigenvalue weighted by Gasteiger charge is -2.34. The van der Waals surface area contributed by atoms with E-state index in [1.165, 1.54) is 19.3 Å². The average molecular weight is 256 g/mol. The number of carbonyl (C=O) groups excluding carboxylic acids is 1. The van der Waals surface area contributed by atoms with Crippen molar-refractivity contribution in [2.75, 3.05) is 26.2 Å². The molecule has 1 aliphatic carbocycles. The first-order valence-corrected chi connectivity index (χ1v) is 6.84. The molecule has 1 saturated carbocycles. The highest BCUT2D eigenvalue weighted by Crippen LogP contribution is 2.27. The highest BCUT2D eigenvalue weighted by atomic mass is 16.4. The summed E-state index contributed by atoms with van der Waals surface area (Å²) in [6, 6.07) is -0.0202. The molecule has 0 bridgehead atoms. The number of carboxylic acid groups (broad SMARTS) is 1. The quantitative estimate of drug-likeness (QED) is 0.758. The van der Waals surface area contributed by atoms with Crippen LogP contribution in [0.4, 0.5) is 4.79 Å². The predicted molar refractivity (Wildman–Crippen MR) is 69.5 cm³/mol. The molecule has 104 valence electrons. The zero-order valence-corrected chi connectivity index (χ0v) is 11.4. The Labute approximate surface area is 109 Å². The van der Waals surface area contributed by atoms with Crippen molar-refractivity contribution in [2.45, 2.75) is 39.5 Å². The lowest BCUT2D eigenvalue weighted by molar-refractivity contribution is -0.137. The first kappa shape index (κ1) is 14.8. The summed E-state index contributed by atoms with van der Waals surface area (Å²) in [6.07, 6.45) is 3.71. The Hall–Kier alpha value is -1.26. The third-order valence-electron chi connectivity index (χ3n) is 3.60. The summed E-state index contributed by atoms with van der Waals surface area (Å²) in [5, 5.41) is 8.68. The second-order valence-corrected chi connectivity index (χ2v) is 4.84. The van der Waals surface area contributed by atoms with Crippen LogP contribution in [0.3, 0.4) is 0 Å². The van der Waals surface area contributed by atoms with E-state index in [9.17, 15) is 9.59 Å². The predicted octanol–water partition coefficient (Wildman–Crippen LogP) is 2.02. The van der Waals surface area contributed by atoms with E-state index in [4.69, 9.17) is 5.11 Å². The normalized spacial score (nSPS) is 15.0. The number of hydrogen-bond donors (Lipinski definition) is 1. The van der Waals surface area contributed by atoms with Crippen LogP contribution >= 0.6 is 0 Å². The fraction of sp³-hybridized carbons (Fsp3) is 0.846. The molecule has 0 aliphatic heterocycles. The molecule has 1 rings (SSSR count). The van der Waals surface area contributed by atoms with Gasteiger partial charge in [0, 0.05) is 26.2 Å². The van der Waals surface area contributed by atoms with Crippen molar-refractivity contribution in [3.05, 3.63) is 0 Å². The minimum atomic E-state index is -0.858. The number of carbonyl (C=O) groups is 2. The summed E-state index contributed by atoms with van der Waals surface area (Å²) in [5.41, 5.74) is 0. The van der Waals surface area contributed by atoms with Gasteiger partial charge in [0.2, 0.25) is 0 Å². The topological polar surface area (TPSA) is 60.9 Å². The molecular formula is C13H24N2O3. The van der Waals surface area contributed by atoms with Gasteiger partial charge in [-0.1, -0.05) is 6.42 Å². The van der Waals surface area contributed by atoms with Crippen molar-refractivity contribution in [2.24, 2.45) is 5.92 Å². The number of amides is 2. The molecule has 1 fully saturated rings. The van der Waals surface area contributed by atoms with Gasteiger partial charge < -0.3 is 14.9 Å². The molecule has 0 spiro atoms. The number of carboxylic acids is 1. The van der Waals surface area contributed by atoms with Crippen LogP contribution in [-0.4, -0.2) is 53.1 Å². The molecule has 1 N–H and O–H groups in total. The van der Waals surface area contributed by atoms with Gasteiger partial charge in [0.25, 0.3) is 0 Å². The van der Waals surface area contributed by atoms with Gasteiger partial charge in [0.05, 0.1) is 6.42 Å². The van der Waals surface area contributed by atoms with Crippen LogP contribution in [0.2, 0.25) is 0 Å². The third-order valence-corrected chi connectivity index (χ3v) is 3.60. The summed E-state index contributed by atoms with van der Waals surface area (Å²) in [4.78, 5) is 26.3. The van der Waals surface area contributed by atoms with Gasteiger partial charge in [0.15, 0.2) is 0 Å². The molecule has 5 heteroatoms. The highest BCUT2D eigenvalue weighted by Gasteiger charge is 2.25. The molecule has 0 atom stereocenters. The van der Waals surface area contributed by atoms with Crippen molar-refractivity contribution in [3.8, 4) is 0 Å². The lowest BCUT2D eigenvalue weighted by Crippen LogP contribution is -2.46. The van der Waals surface area contributed by atoms with E-state index in [0.29, 0.717) is 25.6 Å². The first-order valence-electron chi connectivity index (χ1n) is 6.84. The Morgan fingerprint density at radius 2 is 1.78 bits per heavy atom. The molecule has 1 aliphatic rings. The summed E-state index contributed by atoms with van der Waals surface area (Å²) >= 11 is 0. The van der Waals surface area contributed by atoms with E-state index in [0.717, 1.165) is 6.54 Å². The molecule has 5 nitrogen and oxygen atoms in total. The van der Waals surface area contributed by atoms with Crippen LogP contribution in [0, 0.1) is 5.92 Å². The van der Waals surface area contributed by atoms with Crippen molar-refractivity contribution in [1.82, 2.24) is 9.80 Å². The SMILES string of the molecule is CCN(CCC(=O)O)C(=O)N(CC)CC1CCC1. The molecule has 0 saturated heterocycles. The zero-order chi connectivity index (χ0) is 13.5. The fourth-order valence-electron chi connectivity index (χ4n) is 2.15. The smallest absolute Gasteiger partial charge is 0.320 e. The third kappa shape index (κ3) is 4.20. The molecular weight excluding hydrogens is 232 g/mol. The minimum Gasteiger partial charge on any atom is -0.481 e. The Balaban J connectivity index is 2.47. The van der Waals surface area contributed by atoms with Gasteiger partial charge in [0.1, 0.15) is 0 Å². The van der Waals surface area contributed by atoms with Gasteiger partial charge >= 0.3 is 12.0 Å². The van der Waals surface area contributed by atoms with Gasteiger partial charge in [-0.05, 0) is 32.6 Å². The lowest BCUT2D eigenvalue weighted by atomic mass is 9.85. The maximum atomic E-state index is 12.3. The molecule has 0 unspecified atom stereocenters. The fourth-order valence-corrected chi connectivity index (χ4v) is 2.15. The van der Waals surface area contributed by atoms with Crippen molar-refractivity contribution in [3.63, 3.8) is 0 Å². The van der Waals surface area contributed by atoms with Gasteiger partial charge in [-0.2, -0.15) is 0 Å². The number of urea groups is 1. The largest absolute Gasteiger partial charge is 0.481 e. The molecule has 0 aromatic heterocycles. The summed E-state index contributed by atoms with van der Waals surface area (Å²) < 4.78 is 0. The minimum absolute atomic E-state index is 0.0144. The number of aliphatic carboxylic acids is 1. The van der Waals surface area contributed by atoms with Gasteiger partial charge in [-0.25, -0.2) is 4.79 Å². The van der Waals surface area contributed by atoms with Crippen LogP contribution in [0.15, 0.2) is 0 Å². The van der Waals surface area contributed by atoms with E-state index in [-0.39, 0.29) is 12.5 Å². The Morgan fingerprint density at radius 3 is 2.17 bits per heavy atom. The molecule has 18 heavy (non-hydrogen) atoms. The molecule has 0 radical (unpaired) electrons. The number of nitrogens with zero attached hydrogens (tertiary/aromatic N) is 2. The van der Waals surface area contributed by atoms with Crippen molar-refractivity contribution < 1.29 is 14.7 Å². The molecule has 0 aromatic carbocycles. The zero-order valence-electron chi connectivity index (χ0n) is 11.4. The Bertz CT molecular complexity index is 290. The Kier molecular flexibility index (Phi) is 5.95. The second-order valence-electron chi connectivity index (χ2n) is 4.84. The molecule has 0 heterocycles. The van der Waals surface area contributed by atoms with Crippen LogP contribution in [-0.2, 0) is 4.79 Å². The van der Waals surface area contributed by atoms with Gasteiger partial charge in [-0.3, -0.25) is 4.79 Å².